The van der Waals surface area contributed by atoms with E-state index in [9.17, 15) is 5.11 Å². The second kappa shape index (κ2) is 10.5. The van der Waals surface area contributed by atoms with Crippen LogP contribution in [0.25, 0.3) is 22.2 Å². The fourth-order valence-corrected chi connectivity index (χ4v) is 4.48. The van der Waals surface area contributed by atoms with Crippen LogP contribution in [0.1, 0.15) is 24.5 Å². The number of aliphatic hydroxyl groups is 1. The minimum Gasteiger partial charge on any atom is -0.484 e. The van der Waals surface area contributed by atoms with Gasteiger partial charge in [-0.15, -0.1) is 0 Å². The lowest BCUT2D eigenvalue weighted by Gasteiger charge is -2.29. The summed E-state index contributed by atoms with van der Waals surface area (Å²) in [5, 5.41) is 11.2. The molecule has 1 aromatic heterocycles. The lowest BCUT2D eigenvalue weighted by molar-refractivity contribution is 0.122. The largest absolute Gasteiger partial charge is 0.484 e. The van der Waals surface area contributed by atoms with Gasteiger partial charge in [0.15, 0.2) is 5.90 Å². The highest BCUT2D eigenvalue weighted by molar-refractivity contribution is 5.94. The van der Waals surface area contributed by atoms with Gasteiger partial charge in [0.2, 0.25) is 0 Å². The van der Waals surface area contributed by atoms with Gasteiger partial charge in [0.05, 0.1) is 36.9 Å². The smallest absolute Gasteiger partial charge is 0.191 e. The SMILES string of the molecule is COC1=N/C=C/C/C(C(O)c2ccc(F)c(-c3ncnc4cc(N5CCOCC5)cc(F)c34)c2)=C\C1. The van der Waals surface area contributed by atoms with Gasteiger partial charge in [0, 0.05) is 37.0 Å². The standard InChI is InChI=1S/C27H26F2N4O3/c1-35-24-7-5-17(3-2-8-30-24)27(34)18-4-6-21(28)20(13-18)26-25-22(29)14-19(15-23(25)31-16-32-26)33-9-11-36-12-10-33/h2,4-6,8,13-16,27,34H,3,7,9-12H2,1H3/b8-2+,17-5+,30-24?. The molecule has 1 fully saturated rings. The predicted molar refractivity (Wildman–Crippen MR) is 134 cm³/mol. The summed E-state index contributed by atoms with van der Waals surface area (Å²) in [5.74, 6) is -0.577. The van der Waals surface area contributed by atoms with Gasteiger partial charge in [-0.1, -0.05) is 18.2 Å². The van der Waals surface area contributed by atoms with Crippen molar-refractivity contribution >= 4 is 22.5 Å². The third-order valence-electron chi connectivity index (χ3n) is 6.42. The molecule has 186 valence electrons. The van der Waals surface area contributed by atoms with Crippen LogP contribution in [0, 0.1) is 11.6 Å². The first-order valence-corrected chi connectivity index (χ1v) is 11.7. The van der Waals surface area contributed by atoms with Crippen LogP contribution in [-0.2, 0) is 9.47 Å². The second-order valence-corrected chi connectivity index (χ2v) is 8.58. The maximum absolute atomic E-state index is 15.4. The first-order valence-electron chi connectivity index (χ1n) is 11.7. The van der Waals surface area contributed by atoms with Crippen molar-refractivity contribution in [2.24, 2.45) is 4.99 Å². The lowest BCUT2D eigenvalue weighted by atomic mass is 9.94. The number of benzene rings is 2. The molecule has 5 rings (SSSR count). The Morgan fingerprint density at radius 2 is 1.89 bits per heavy atom. The number of fused-ring (bicyclic) bond motifs is 1. The zero-order valence-electron chi connectivity index (χ0n) is 19.8. The molecule has 1 atom stereocenters. The molecule has 36 heavy (non-hydrogen) atoms. The topological polar surface area (TPSA) is 80.1 Å². The van der Waals surface area contributed by atoms with Crippen LogP contribution >= 0.6 is 0 Å². The molecule has 1 N–H and O–H groups in total. The van der Waals surface area contributed by atoms with Crippen molar-refractivity contribution in [3.8, 4) is 11.3 Å². The third-order valence-corrected chi connectivity index (χ3v) is 6.42. The third kappa shape index (κ3) is 4.84. The van der Waals surface area contributed by atoms with Crippen molar-refractivity contribution < 1.29 is 23.4 Å². The van der Waals surface area contributed by atoms with Gasteiger partial charge in [0.25, 0.3) is 0 Å². The number of aromatic nitrogens is 2. The summed E-state index contributed by atoms with van der Waals surface area (Å²) < 4.78 is 41.1. The molecular formula is C27H26F2N4O3. The molecular weight excluding hydrogens is 466 g/mol. The number of rotatable bonds is 4. The average Bonchev–Trinajstić information content (AvgIpc) is 2.89. The number of allylic oxidation sites excluding steroid dienone is 1. The molecule has 0 radical (unpaired) electrons. The maximum atomic E-state index is 15.4. The Morgan fingerprint density at radius 3 is 2.69 bits per heavy atom. The van der Waals surface area contributed by atoms with Crippen LogP contribution in [0.5, 0.6) is 0 Å². The molecule has 3 heterocycles. The Balaban J connectivity index is 1.53. The van der Waals surface area contributed by atoms with Crippen LogP contribution < -0.4 is 4.90 Å². The number of halogens is 2. The molecule has 0 aliphatic carbocycles. The summed E-state index contributed by atoms with van der Waals surface area (Å²) in [7, 11) is 1.54. The van der Waals surface area contributed by atoms with E-state index in [-0.39, 0.29) is 16.6 Å². The number of hydrogen-bond donors (Lipinski definition) is 1. The summed E-state index contributed by atoms with van der Waals surface area (Å²) in [6, 6.07) is 7.52. The Bertz CT molecular complexity index is 1370. The normalized spacial score (nSPS) is 19.6. The van der Waals surface area contributed by atoms with Gasteiger partial charge >= 0.3 is 0 Å². The Hall–Kier alpha value is -3.69. The lowest BCUT2D eigenvalue weighted by Crippen LogP contribution is -2.36. The van der Waals surface area contributed by atoms with Gasteiger partial charge in [-0.25, -0.2) is 23.7 Å². The van der Waals surface area contributed by atoms with E-state index in [4.69, 9.17) is 9.47 Å². The average molecular weight is 493 g/mol. The van der Waals surface area contributed by atoms with Crippen molar-refractivity contribution in [2.45, 2.75) is 18.9 Å². The highest BCUT2D eigenvalue weighted by atomic mass is 19.1. The van der Waals surface area contributed by atoms with Crippen LogP contribution in [0.4, 0.5) is 14.5 Å². The fourth-order valence-electron chi connectivity index (χ4n) is 4.48. The summed E-state index contributed by atoms with van der Waals surface area (Å²) >= 11 is 0. The van der Waals surface area contributed by atoms with Crippen molar-refractivity contribution in [2.75, 3.05) is 38.3 Å². The number of morpholine rings is 1. The molecule has 7 nitrogen and oxygen atoms in total. The maximum Gasteiger partial charge on any atom is 0.191 e. The molecule has 9 heteroatoms. The van der Waals surface area contributed by atoms with E-state index in [1.807, 2.05) is 17.1 Å². The Morgan fingerprint density at radius 1 is 1.06 bits per heavy atom. The van der Waals surface area contributed by atoms with Gasteiger partial charge in [0.1, 0.15) is 24.1 Å². The molecule has 0 saturated carbocycles. The van der Waals surface area contributed by atoms with Crippen molar-refractivity contribution in [1.82, 2.24) is 9.97 Å². The van der Waals surface area contributed by atoms with Gasteiger partial charge in [-0.3, -0.25) is 0 Å². The number of aliphatic hydroxyl groups excluding tert-OH is 1. The first-order chi connectivity index (χ1) is 17.5. The van der Waals surface area contributed by atoms with Crippen LogP contribution in [-0.4, -0.2) is 54.4 Å². The number of hydrogen-bond acceptors (Lipinski definition) is 7. The molecule has 2 aliphatic rings. The minimum atomic E-state index is -0.990. The van der Waals surface area contributed by atoms with Crippen LogP contribution in [0.15, 0.2) is 65.6 Å². The van der Waals surface area contributed by atoms with E-state index in [2.05, 4.69) is 15.0 Å². The molecule has 0 bridgehead atoms. The number of methoxy groups -OCH3 is 1. The predicted octanol–water partition coefficient (Wildman–Crippen LogP) is 4.72. The van der Waals surface area contributed by atoms with Gasteiger partial charge in [-0.05, 0) is 41.8 Å². The van der Waals surface area contributed by atoms with E-state index in [1.54, 1.807) is 19.4 Å². The molecule has 2 aromatic carbocycles. The molecule has 0 amide bonds. The summed E-state index contributed by atoms with van der Waals surface area (Å²) in [5.41, 5.74) is 2.50. The fraction of sp³-hybridized carbons (Fsp3) is 0.296. The second-order valence-electron chi connectivity index (χ2n) is 8.58. The monoisotopic (exact) mass is 492 g/mol. The summed E-state index contributed by atoms with van der Waals surface area (Å²) in [6.07, 6.45) is 6.52. The van der Waals surface area contributed by atoms with Crippen molar-refractivity contribution in [1.29, 1.82) is 0 Å². The van der Waals surface area contributed by atoms with E-state index in [1.165, 1.54) is 30.6 Å². The molecule has 2 aliphatic heterocycles. The Labute approximate surface area is 207 Å². The summed E-state index contributed by atoms with van der Waals surface area (Å²) in [4.78, 5) is 14.7. The number of anilines is 1. The quantitative estimate of drug-likeness (QED) is 0.531. The molecule has 3 aromatic rings. The molecule has 1 unspecified atom stereocenters. The van der Waals surface area contributed by atoms with E-state index in [0.717, 1.165) is 5.57 Å². The highest BCUT2D eigenvalue weighted by Crippen LogP contribution is 2.35. The van der Waals surface area contributed by atoms with E-state index in [0.29, 0.717) is 61.8 Å². The highest BCUT2D eigenvalue weighted by Gasteiger charge is 2.21. The molecule has 0 spiro atoms. The van der Waals surface area contributed by atoms with E-state index >= 15 is 8.78 Å². The van der Waals surface area contributed by atoms with Crippen LogP contribution in [0.2, 0.25) is 0 Å². The van der Waals surface area contributed by atoms with Crippen molar-refractivity contribution in [3.63, 3.8) is 0 Å². The Kier molecular flexibility index (Phi) is 7.02. The van der Waals surface area contributed by atoms with Gasteiger partial charge < -0.3 is 19.5 Å². The van der Waals surface area contributed by atoms with Crippen LogP contribution in [0.3, 0.4) is 0 Å². The van der Waals surface area contributed by atoms with E-state index < -0.39 is 17.7 Å². The zero-order valence-corrected chi connectivity index (χ0v) is 19.8. The van der Waals surface area contributed by atoms with Crippen molar-refractivity contribution in [3.05, 3.63) is 77.8 Å². The minimum absolute atomic E-state index is 0.0955. The zero-order chi connectivity index (χ0) is 25.1. The first kappa shape index (κ1) is 24.0. The number of nitrogens with zero attached hydrogens (tertiary/aromatic N) is 4. The molecule has 1 saturated heterocycles. The van der Waals surface area contributed by atoms with Gasteiger partial charge in [-0.2, -0.15) is 0 Å². The number of ether oxygens (including phenoxy) is 2. The summed E-state index contributed by atoms with van der Waals surface area (Å²) in [6.45, 7) is 2.45. The number of aliphatic imine (C=N–C) groups is 1.